The zero-order valence-corrected chi connectivity index (χ0v) is 16.2. The highest BCUT2D eigenvalue weighted by molar-refractivity contribution is 5.85. The SMILES string of the molecule is CCCOc1ccc(-c2nc(CC(C)NC)no2)cc1OCCC.Cl. The average molecular weight is 370 g/mol. The summed E-state index contributed by atoms with van der Waals surface area (Å²) in [6, 6.07) is 6.02. The molecule has 0 aliphatic heterocycles. The van der Waals surface area contributed by atoms with E-state index in [1.807, 2.05) is 25.2 Å². The Hall–Kier alpha value is -1.79. The molecule has 2 rings (SSSR count). The third-order valence-electron chi connectivity index (χ3n) is 3.56. The van der Waals surface area contributed by atoms with E-state index in [4.69, 9.17) is 14.0 Å². The van der Waals surface area contributed by atoms with Gasteiger partial charge in [-0.05, 0) is 45.0 Å². The monoisotopic (exact) mass is 369 g/mol. The van der Waals surface area contributed by atoms with E-state index in [1.165, 1.54) is 0 Å². The summed E-state index contributed by atoms with van der Waals surface area (Å²) in [6.07, 6.45) is 2.60. The number of nitrogens with one attached hydrogen (secondary N) is 1. The number of hydrogen-bond donors (Lipinski definition) is 1. The van der Waals surface area contributed by atoms with Gasteiger partial charge in [0.15, 0.2) is 17.3 Å². The van der Waals surface area contributed by atoms with Crippen LogP contribution in [0.5, 0.6) is 11.5 Å². The minimum atomic E-state index is 0. The van der Waals surface area contributed by atoms with Crippen molar-refractivity contribution in [1.29, 1.82) is 0 Å². The molecular weight excluding hydrogens is 342 g/mol. The maximum Gasteiger partial charge on any atom is 0.258 e. The molecular formula is C18H28ClN3O3. The number of halogens is 1. The molecule has 25 heavy (non-hydrogen) atoms. The lowest BCUT2D eigenvalue weighted by molar-refractivity contribution is 0.268. The first kappa shape index (κ1) is 21.3. The van der Waals surface area contributed by atoms with Gasteiger partial charge in [-0.3, -0.25) is 0 Å². The predicted molar refractivity (Wildman–Crippen MR) is 101 cm³/mol. The van der Waals surface area contributed by atoms with E-state index in [9.17, 15) is 0 Å². The number of nitrogens with zero attached hydrogens (tertiary/aromatic N) is 2. The fourth-order valence-electron chi connectivity index (χ4n) is 2.13. The lowest BCUT2D eigenvalue weighted by Crippen LogP contribution is -2.24. The van der Waals surface area contributed by atoms with Crippen molar-refractivity contribution in [2.75, 3.05) is 20.3 Å². The standard InChI is InChI=1S/C18H27N3O3.ClH/c1-5-9-22-15-8-7-14(12-16(15)23-10-6-2)18-20-17(21-24-18)11-13(3)19-4;/h7-8,12-13,19H,5-6,9-11H2,1-4H3;1H. The molecule has 0 aliphatic rings. The second kappa shape index (κ2) is 10.9. The van der Waals surface area contributed by atoms with Crippen LogP contribution < -0.4 is 14.8 Å². The van der Waals surface area contributed by atoms with E-state index >= 15 is 0 Å². The van der Waals surface area contributed by atoms with Gasteiger partial charge in [-0.25, -0.2) is 0 Å². The van der Waals surface area contributed by atoms with Crippen LogP contribution in [0.1, 0.15) is 39.4 Å². The van der Waals surface area contributed by atoms with Crippen LogP contribution >= 0.6 is 12.4 Å². The Morgan fingerprint density at radius 1 is 1.12 bits per heavy atom. The third-order valence-corrected chi connectivity index (χ3v) is 3.56. The van der Waals surface area contributed by atoms with Crippen molar-refractivity contribution in [3.63, 3.8) is 0 Å². The van der Waals surface area contributed by atoms with Gasteiger partial charge >= 0.3 is 0 Å². The largest absolute Gasteiger partial charge is 0.490 e. The molecule has 6 nitrogen and oxygen atoms in total. The summed E-state index contributed by atoms with van der Waals surface area (Å²) in [4.78, 5) is 4.47. The fraction of sp³-hybridized carbons (Fsp3) is 0.556. The van der Waals surface area contributed by atoms with Gasteiger partial charge in [-0.1, -0.05) is 19.0 Å². The lowest BCUT2D eigenvalue weighted by Gasteiger charge is -2.12. The van der Waals surface area contributed by atoms with Gasteiger partial charge in [0.25, 0.3) is 5.89 Å². The summed E-state index contributed by atoms with van der Waals surface area (Å²) in [7, 11) is 1.91. The molecule has 7 heteroatoms. The first-order valence-electron chi connectivity index (χ1n) is 8.57. The summed E-state index contributed by atoms with van der Waals surface area (Å²) < 4.78 is 16.9. The first-order valence-corrected chi connectivity index (χ1v) is 8.57. The average Bonchev–Trinajstić information content (AvgIpc) is 3.06. The number of ether oxygens (including phenoxy) is 2. The van der Waals surface area contributed by atoms with Gasteiger partial charge in [-0.15, -0.1) is 12.4 Å². The van der Waals surface area contributed by atoms with Gasteiger partial charge in [0.05, 0.1) is 13.2 Å². The van der Waals surface area contributed by atoms with Gasteiger partial charge < -0.3 is 19.3 Å². The van der Waals surface area contributed by atoms with Crippen molar-refractivity contribution in [3.8, 4) is 23.0 Å². The Kier molecular flexibility index (Phi) is 9.31. The van der Waals surface area contributed by atoms with E-state index in [0.717, 1.165) is 30.6 Å². The molecule has 1 atom stereocenters. The third kappa shape index (κ3) is 6.21. The van der Waals surface area contributed by atoms with Crippen LogP contribution in [0, 0.1) is 0 Å². The Balaban J connectivity index is 0.00000312. The minimum Gasteiger partial charge on any atom is -0.490 e. The zero-order chi connectivity index (χ0) is 17.4. The van der Waals surface area contributed by atoms with E-state index in [-0.39, 0.29) is 12.4 Å². The van der Waals surface area contributed by atoms with Crippen LogP contribution in [0.4, 0.5) is 0 Å². The maximum atomic E-state index is 5.81. The van der Waals surface area contributed by atoms with Crippen molar-refractivity contribution in [2.24, 2.45) is 0 Å². The normalized spacial score (nSPS) is 11.7. The Bertz CT molecular complexity index is 634. The zero-order valence-electron chi connectivity index (χ0n) is 15.4. The molecule has 1 N–H and O–H groups in total. The van der Waals surface area contributed by atoms with Gasteiger partial charge in [0.1, 0.15) is 0 Å². The molecule has 1 unspecified atom stereocenters. The van der Waals surface area contributed by atoms with Gasteiger partial charge in [0, 0.05) is 18.0 Å². The maximum absolute atomic E-state index is 5.81. The van der Waals surface area contributed by atoms with Gasteiger partial charge in [0.2, 0.25) is 0 Å². The van der Waals surface area contributed by atoms with Crippen LogP contribution in [-0.4, -0.2) is 36.4 Å². The van der Waals surface area contributed by atoms with Crippen LogP contribution in [-0.2, 0) is 6.42 Å². The van der Waals surface area contributed by atoms with E-state index in [2.05, 4.69) is 36.2 Å². The van der Waals surface area contributed by atoms with Crippen molar-refractivity contribution >= 4 is 12.4 Å². The number of benzene rings is 1. The predicted octanol–water partition coefficient (Wildman–Crippen LogP) is 3.89. The number of hydrogen-bond acceptors (Lipinski definition) is 6. The highest BCUT2D eigenvalue weighted by Crippen LogP contribution is 2.32. The summed E-state index contributed by atoms with van der Waals surface area (Å²) in [5.41, 5.74) is 0.834. The van der Waals surface area contributed by atoms with Crippen LogP contribution in [0.25, 0.3) is 11.5 Å². The molecule has 140 valence electrons. The molecule has 0 radical (unpaired) electrons. The van der Waals surface area contributed by atoms with Crippen molar-refractivity contribution < 1.29 is 14.0 Å². The van der Waals surface area contributed by atoms with E-state index < -0.39 is 0 Å². The second-order valence-electron chi connectivity index (χ2n) is 5.77. The second-order valence-corrected chi connectivity index (χ2v) is 5.77. The highest BCUT2D eigenvalue weighted by Gasteiger charge is 2.14. The smallest absolute Gasteiger partial charge is 0.258 e. The molecule has 1 heterocycles. The first-order chi connectivity index (χ1) is 11.7. The summed E-state index contributed by atoms with van der Waals surface area (Å²) in [5, 5.41) is 7.21. The molecule has 0 amide bonds. The van der Waals surface area contributed by atoms with Crippen LogP contribution in [0.3, 0.4) is 0 Å². The van der Waals surface area contributed by atoms with Crippen molar-refractivity contribution in [3.05, 3.63) is 24.0 Å². The fourth-order valence-corrected chi connectivity index (χ4v) is 2.13. The molecule has 0 saturated carbocycles. The Morgan fingerprint density at radius 2 is 1.80 bits per heavy atom. The molecule has 2 aromatic rings. The molecule has 1 aromatic heterocycles. The quantitative estimate of drug-likeness (QED) is 0.685. The summed E-state index contributed by atoms with van der Waals surface area (Å²) in [5.74, 6) is 2.65. The number of rotatable bonds is 10. The van der Waals surface area contributed by atoms with Crippen molar-refractivity contribution in [1.82, 2.24) is 15.5 Å². The number of likely N-dealkylation sites (N-methyl/N-ethyl adjacent to an activating group) is 1. The summed E-state index contributed by atoms with van der Waals surface area (Å²) in [6.45, 7) is 7.53. The van der Waals surface area contributed by atoms with Crippen LogP contribution in [0.15, 0.2) is 22.7 Å². The van der Waals surface area contributed by atoms with Gasteiger partial charge in [-0.2, -0.15) is 4.98 Å². The number of aromatic nitrogens is 2. The minimum absolute atomic E-state index is 0. The Morgan fingerprint density at radius 3 is 2.44 bits per heavy atom. The molecule has 0 aliphatic carbocycles. The summed E-state index contributed by atoms with van der Waals surface area (Å²) >= 11 is 0. The molecule has 0 bridgehead atoms. The molecule has 1 aromatic carbocycles. The molecule has 0 saturated heterocycles. The molecule has 0 spiro atoms. The van der Waals surface area contributed by atoms with Crippen molar-refractivity contribution in [2.45, 2.75) is 46.1 Å². The molecule has 0 fully saturated rings. The van der Waals surface area contributed by atoms with E-state index in [1.54, 1.807) is 0 Å². The van der Waals surface area contributed by atoms with E-state index in [0.29, 0.717) is 36.7 Å². The van der Waals surface area contributed by atoms with Crippen LogP contribution in [0.2, 0.25) is 0 Å². The lowest BCUT2D eigenvalue weighted by atomic mass is 10.2. The topological polar surface area (TPSA) is 69.4 Å². The highest BCUT2D eigenvalue weighted by atomic mass is 35.5. The Labute approximate surface area is 155 Å².